The molecule has 0 aliphatic heterocycles. The van der Waals surface area contributed by atoms with E-state index in [1.807, 2.05) is 54.6 Å². The van der Waals surface area contributed by atoms with E-state index in [2.05, 4.69) is 6.07 Å². The Bertz CT molecular complexity index is 832. The number of anilines is 1. The van der Waals surface area contributed by atoms with Gasteiger partial charge in [0.15, 0.2) is 0 Å². The van der Waals surface area contributed by atoms with Crippen LogP contribution in [0.2, 0.25) is 5.02 Å². The quantitative estimate of drug-likeness (QED) is 0.708. The lowest BCUT2D eigenvalue weighted by Gasteiger charge is -2.07. The van der Waals surface area contributed by atoms with Gasteiger partial charge in [0, 0.05) is 16.1 Å². The molecule has 0 amide bonds. The minimum absolute atomic E-state index is 0.605. The van der Waals surface area contributed by atoms with E-state index < -0.39 is 0 Å². The Hall–Kier alpha value is -2.28. The Balaban J connectivity index is 2.31. The monoisotopic (exact) mass is 310 g/mol. The summed E-state index contributed by atoms with van der Waals surface area (Å²) < 4.78 is 0. The zero-order chi connectivity index (χ0) is 14.8. The van der Waals surface area contributed by atoms with Crippen LogP contribution in [0.5, 0.6) is 0 Å². The van der Waals surface area contributed by atoms with Crippen LogP contribution in [0.15, 0.2) is 54.6 Å². The van der Waals surface area contributed by atoms with Gasteiger partial charge in [-0.25, -0.2) is 0 Å². The SMILES string of the molecule is N#Cc1sc(N)c(-c2ccccc2)c1-c1cccc(Cl)c1. The molecule has 0 spiro atoms. The fourth-order valence-corrected chi connectivity index (χ4v) is 3.44. The van der Waals surface area contributed by atoms with Gasteiger partial charge in [-0.1, -0.05) is 54.1 Å². The van der Waals surface area contributed by atoms with Crippen molar-refractivity contribution in [3.8, 4) is 28.3 Å². The molecule has 2 aromatic carbocycles. The lowest BCUT2D eigenvalue weighted by atomic mass is 9.96. The summed E-state index contributed by atoms with van der Waals surface area (Å²) in [4.78, 5) is 0.605. The molecule has 0 bridgehead atoms. The fraction of sp³-hybridized carbons (Fsp3) is 0. The molecule has 1 aromatic heterocycles. The zero-order valence-corrected chi connectivity index (χ0v) is 12.6. The number of halogens is 1. The molecule has 0 saturated carbocycles. The van der Waals surface area contributed by atoms with Gasteiger partial charge >= 0.3 is 0 Å². The van der Waals surface area contributed by atoms with Crippen molar-refractivity contribution in [1.82, 2.24) is 0 Å². The summed E-state index contributed by atoms with van der Waals surface area (Å²) in [7, 11) is 0. The van der Waals surface area contributed by atoms with Gasteiger partial charge < -0.3 is 5.73 Å². The molecule has 0 aliphatic rings. The third-order valence-corrected chi connectivity index (χ3v) is 4.37. The summed E-state index contributed by atoms with van der Waals surface area (Å²) in [6.45, 7) is 0. The van der Waals surface area contributed by atoms with E-state index in [0.717, 1.165) is 22.3 Å². The molecule has 3 rings (SSSR count). The van der Waals surface area contributed by atoms with Crippen LogP contribution < -0.4 is 5.73 Å². The van der Waals surface area contributed by atoms with Gasteiger partial charge in [-0.05, 0) is 23.3 Å². The van der Waals surface area contributed by atoms with E-state index in [0.29, 0.717) is 14.9 Å². The topological polar surface area (TPSA) is 49.8 Å². The molecule has 2 nitrogen and oxygen atoms in total. The summed E-state index contributed by atoms with van der Waals surface area (Å²) in [5.41, 5.74) is 9.83. The maximum absolute atomic E-state index is 9.41. The van der Waals surface area contributed by atoms with Crippen molar-refractivity contribution in [1.29, 1.82) is 5.26 Å². The van der Waals surface area contributed by atoms with Crippen molar-refractivity contribution in [3.05, 3.63) is 64.5 Å². The predicted octanol–water partition coefficient (Wildman–Crippen LogP) is 5.19. The standard InChI is InChI=1S/C17H11ClN2S/c18-13-8-4-7-12(9-13)15-14(10-19)21-17(20)16(15)11-5-2-1-3-6-11/h1-9H,20H2. The van der Waals surface area contributed by atoms with Crippen molar-refractivity contribution in [2.24, 2.45) is 0 Å². The number of hydrogen-bond donors (Lipinski definition) is 1. The molecule has 0 fully saturated rings. The zero-order valence-electron chi connectivity index (χ0n) is 11.0. The molecule has 0 saturated heterocycles. The molecule has 102 valence electrons. The first-order chi connectivity index (χ1) is 10.2. The van der Waals surface area contributed by atoms with Gasteiger partial charge in [-0.3, -0.25) is 0 Å². The van der Waals surface area contributed by atoms with E-state index in [9.17, 15) is 5.26 Å². The van der Waals surface area contributed by atoms with Crippen LogP contribution in [-0.2, 0) is 0 Å². The van der Waals surface area contributed by atoms with Crippen molar-refractivity contribution >= 4 is 27.9 Å². The first-order valence-corrected chi connectivity index (χ1v) is 7.54. The van der Waals surface area contributed by atoms with E-state index in [4.69, 9.17) is 17.3 Å². The summed E-state index contributed by atoms with van der Waals surface area (Å²) in [5, 5.41) is 10.7. The molecule has 2 N–H and O–H groups in total. The summed E-state index contributed by atoms with van der Waals surface area (Å²) in [6.07, 6.45) is 0. The first kappa shape index (κ1) is 13.7. The number of thiophene rings is 1. The van der Waals surface area contributed by atoms with Crippen LogP contribution in [0.1, 0.15) is 4.88 Å². The fourth-order valence-electron chi connectivity index (χ4n) is 2.34. The minimum atomic E-state index is 0.605. The maximum atomic E-state index is 9.41. The van der Waals surface area contributed by atoms with E-state index in [1.165, 1.54) is 11.3 Å². The lowest BCUT2D eigenvalue weighted by molar-refractivity contribution is 1.52. The molecule has 4 heteroatoms. The number of rotatable bonds is 2. The number of nitrogens with two attached hydrogens (primary N) is 1. The van der Waals surface area contributed by atoms with E-state index in [-0.39, 0.29) is 0 Å². The highest BCUT2D eigenvalue weighted by Gasteiger charge is 2.19. The van der Waals surface area contributed by atoms with Gasteiger partial charge in [0.25, 0.3) is 0 Å². The predicted molar refractivity (Wildman–Crippen MR) is 89.3 cm³/mol. The van der Waals surface area contributed by atoms with Gasteiger partial charge in [0.05, 0.1) is 5.00 Å². The molecule has 3 aromatic rings. The molecule has 0 radical (unpaired) electrons. The number of benzene rings is 2. The van der Waals surface area contributed by atoms with Crippen molar-refractivity contribution in [3.63, 3.8) is 0 Å². The molecule has 0 unspecified atom stereocenters. The van der Waals surface area contributed by atoms with E-state index in [1.54, 1.807) is 0 Å². The second-order valence-corrected chi connectivity index (χ2v) is 6.02. The highest BCUT2D eigenvalue weighted by molar-refractivity contribution is 7.17. The number of hydrogen-bond acceptors (Lipinski definition) is 3. The highest BCUT2D eigenvalue weighted by atomic mass is 35.5. The molecular weight excluding hydrogens is 300 g/mol. The number of nitrogens with zero attached hydrogens (tertiary/aromatic N) is 1. The molecule has 21 heavy (non-hydrogen) atoms. The van der Waals surface area contributed by atoms with Gasteiger partial charge in [-0.2, -0.15) is 5.26 Å². The Kier molecular flexibility index (Phi) is 3.66. The second kappa shape index (κ2) is 5.61. The average molecular weight is 311 g/mol. The van der Waals surface area contributed by atoms with Crippen LogP contribution >= 0.6 is 22.9 Å². The third kappa shape index (κ3) is 2.52. The Labute approximate surface area is 132 Å². The Morgan fingerprint density at radius 2 is 1.67 bits per heavy atom. The van der Waals surface area contributed by atoms with Crippen molar-refractivity contribution < 1.29 is 0 Å². The number of nitriles is 1. The normalized spacial score (nSPS) is 10.3. The van der Waals surface area contributed by atoms with Crippen LogP contribution in [0.25, 0.3) is 22.3 Å². The van der Waals surface area contributed by atoms with Crippen LogP contribution in [0.4, 0.5) is 5.00 Å². The average Bonchev–Trinajstić information content (AvgIpc) is 2.85. The largest absolute Gasteiger partial charge is 0.390 e. The Morgan fingerprint density at radius 1 is 0.952 bits per heavy atom. The van der Waals surface area contributed by atoms with Crippen LogP contribution in [0, 0.1) is 11.3 Å². The smallest absolute Gasteiger partial charge is 0.115 e. The molecular formula is C17H11ClN2S. The first-order valence-electron chi connectivity index (χ1n) is 6.34. The molecule has 1 heterocycles. The van der Waals surface area contributed by atoms with Gasteiger partial charge in [0.2, 0.25) is 0 Å². The Morgan fingerprint density at radius 3 is 2.33 bits per heavy atom. The molecule has 0 atom stereocenters. The minimum Gasteiger partial charge on any atom is -0.390 e. The second-order valence-electron chi connectivity index (χ2n) is 4.53. The van der Waals surface area contributed by atoms with Gasteiger partial charge in [-0.15, -0.1) is 11.3 Å². The van der Waals surface area contributed by atoms with Crippen molar-refractivity contribution in [2.75, 3.05) is 5.73 Å². The third-order valence-electron chi connectivity index (χ3n) is 3.21. The van der Waals surface area contributed by atoms with Crippen LogP contribution in [0.3, 0.4) is 0 Å². The summed E-state index contributed by atoms with van der Waals surface area (Å²) in [5.74, 6) is 0. The van der Waals surface area contributed by atoms with E-state index >= 15 is 0 Å². The summed E-state index contributed by atoms with van der Waals surface area (Å²) in [6, 6.07) is 19.6. The maximum Gasteiger partial charge on any atom is 0.115 e. The molecule has 0 aliphatic carbocycles. The van der Waals surface area contributed by atoms with Gasteiger partial charge in [0.1, 0.15) is 10.9 Å². The lowest BCUT2D eigenvalue weighted by Crippen LogP contribution is -1.87. The summed E-state index contributed by atoms with van der Waals surface area (Å²) >= 11 is 7.39. The van der Waals surface area contributed by atoms with Crippen LogP contribution in [-0.4, -0.2) is 0 Å². The highest BCUT2D eigenvalue weighted by Crippen LogP contribution is 2.44. The number of nitrogen functional groups attached to an aromatic ring is 1. The van der Waals surface area contributed by atoms with Crippen molar-refractivity contribution in [2.45, 2.75) is 0 Å².